The van der Waals surface area contributed by atoms with Crippen molar-refractivity contribution in [3.63, 3.8) is 0 Å². The third kappa shape index (κ3) is 5.07. The van der Waals surface area contributed by atoms with Gasteiger partial charge in [0.05, 0.1) is 11.2 Å². The van der Waals surface area contributed by atoms with Gasteiger partial charge in [0.15, 0.2) is 0 Å². The molecule has 0 spiro atoms. The Kier molecular flexibility index (Phi) is 6.30. The van der Waals surface area contributed by atoms with Gasteiger partial charge >= 0.3 is 0 Å². The van der Waals surface area contributed by atoms with Gasteiger partial charge in [-0.25, -0.2) is 4.98 Å². The van der Waals surface area contributed by atoms with Crippen LogP contribution in [0.25, 0.3) is 0 Å². The summed E-state index contributed by atoms with van der Waals surface area (Å²) in [6.45, 7) is 13.6. The predicted molar refractivity (Wildman–Crippen MR) is 81.3 cm³/mol. The van der Waals surface area contributed by atoms with E-state index in [0.717, 1.165) is 19.0 Å². The maximum atomic E-state index is 4.33. The minimum absolute atomic E-state index is 0.408. The average Bonchev–Trinajstić information content (AvgIpc) is 2.72. The Morgan fingerprint density at radius 3 is 2.67 bits per heavy atom. The van der Waals surface area contributed by atoms with Crippen molar-refractivity contribution in [3.05, 3.63) is 16.1 Å². The van der Waals surface area contributed by atoms with Crippen LogP contribution in [0, 0.1) is 18.3 Å². The van der Waals surface area contributed by atoms with Crippen LogP contribution in [0.3, 0.4) is 0 Å². The maximum Gasteiger partial charge on any atom is 0.0797 e. The highest BCUT2D eigenvalue weighted by atomic mass is 32.1. The SMILES string of the molecule is CCC(C)(CCc1scnc1C)CNCC(C)C. The van der Waals surface area contributed by atoms with Crippen LogP contribution < -0.4 is 5.32 Å². The maximum absolute atomic E-state index is 4.33. The lowest BCUT2D eigenvalue weighted by molar-refractivity contribution is 0.266. The molecule has 0 aliphatic heterocycles. The van der Waals surface area contributed by atoms with Gasteiger partial charge in [-0.2, -0.15) is 0 Å². The summed E-state index contributed by atoms with van der Waals surface area (Å²) < 4.78 is 0. The van der Waals surface area contributed by atoms with Crippen molar-refractivity contribution < 1.29 is 0 Å². The van der Waals surface area contributed by atoms with Crippen molar-refractivity contribution in [2.75, 3.05) is 13.1 Å². The number of rotatable bonds is 8. The molecular weight excluding hydrogens is 240 g/mol. The first kappa shape index (κ1) is 15.6. The first-order chi connectivity index (χ1) is 8.47. The second-order valence-electron chi connectivity index (χ2n) is 6.05. The van der Waals surface area contributed by atoms with Crippen molar-refractivity contribution in [3.8, 4) is 0 Å². The van der Waals surface area contributed by atoms with Gasteiger partial charge in [0.2, 0.25) is 0 Å². The molecule has 0 aliphatic rings. The van der Waals surface area contributed by atoms with Gasteiger partial charge in [-0.1, -0.05) is 27.7 Å². The molecule has 1 N–H and O–H groups in total. The second-order valence-corrected chi connectivity index (χ2v) is 6.99. The molecule has 0 saturated heterocycles. The van der Waals surface area contributed by atoms with E-state index in [9.17, 15) is 0 Å². The van der Waals surface area contributed by atoms with Crippen LogP contribution >= 0.6 is 11.3 Å². The summed E-state index contributed by atoms with van der Waals surface area (Å²) in [6.07, 6.45) is 3.65. The molecule has 0 radical (unpaired) electrons. The Labute approximate surface area is 116 Å². The molecule has 1 aromatic rings. The Morgan fingerprint density at radius 1 is 1.44 bits per heavy atom. The highest BCUT2D eigenvalue weighted by molar-refractivity contribution is 7.09. The van der Waals surface area contributed by atoms with Crippen molar-refractivity contribution in [1.82, 2.24) is 10.3 Å². The fourth-order valence-electron chi connectivity index (χ4n) is 2.03. The minimum atomic E-state index is 0.408. The van der Waals surface area contributed by atoms with E-state index in [1.54, 1.807) is 11.3 Å². The lowest BCUT2D eigenvalue weighted by Gasteiger charge is -2.29. The summed E-state index contributed by atoms with van der Waals surface area (Å²) >= 11 is 1.80. The lowest BCUT2D eigenvalue weighted by atomic mass is 9.82. The van der Waals surface area contributed by atoms with E-state index in [-0.39, 0.29) is 0 Å². The molecule has 104 valence electrons. The van der Waals surface area contributed by atoms with E-state index in [1.165, 1.54) is 29.8 Å². The quantitative estimate of drug-likeness (QED) is 0.769. The largest absolute Gasteiger partial charge is 0.316 e. The molecule has 2 nitrogen and oxygen atoms in total. The van der Waals surface area contributed by atoms with E-state index in [4.69, 9.17) is 0 Å². The van der Waals surface area contributed by atoms with Crippen LogP contribution in [0.2, 0.25) is 0 Å². The van der Waals surface area contributed by atoms with E-state index in [1.807, 2.05) is 5.51 Å². The molecule has 0 bridgehead atoms. The molecule has 1 unspecified atom stereocenters. The van der Waals surface area contributed by atoms with Gasteiger partial charge < -0.3 is 5.32 Å². The van der Waals surface area contributed by atoms with Gasteiger partial charge in [-0.15, -0.1) is 11.3 Å². The Bertz CT molecular complexity index is 346. The highest BCUT2D eigenvalue weighted by Crippen LogP contribution is 2.28. The van der Waals surface area contributed by atoms with Crippen LogP contribution in [0.15, 0.2) is 5.51 Å². The van der Waals surface area contributed by atoms with Gasteiger partial charge in [-0.05, 0) is 44.1 Å². The third-order valence-electron chi connectivity index (χ3n) is 3.76. The number of thiazole rings is 1. The Morgan fingerprint density at radius 2 is 2.17 bits per heavy atom. The fraction of sp³-hybridized carbons (Fsp3) is 0.800. The molecule has 1 heterocycles. The van der Waals surface area contributed by atoms with E-state index >= 15 is 0 Å². The average molecular weight is 268 g/mol. The van der Waals surface area contributed by atoms with Crippen molar-refractivity contribution in [2.24, 2.45) is 11.3 Å². The summed E-state index contributed by atoms with van der Waals surface area (Å²) in [5, 5.41) is 3.61. The van der Waals surface area contributed by atoms with Crippen LogP contribution in [0.4, 0.5) is 0 Å². The highest BCUT2D eigenvalue weighted by Gasteiger charge is 2.22. The summed E-state index contributed by atoms with van der Waals surface area (Å²) in [5.41, 5.74) is 3.59. The van der Waals surface area contributed by atoms with E-state index < -0.39 is 0 Å². The van der Waals surface area contributed by atoms with E-state index in [0.29, 0.717) is 5.41 Å². The fourth-order valence-corrected chi connectivity index (χ4v) is 2.82. The van der Waals surface area contributed by atoms with Crippen LogP contribution in [0.1, 0.15) is 51.1 Å². The summed E-state index contributed by atoms with van der Waals surface area (Å²) in [4.78, 5) is 5.79. The number of aromatic nitrogens is 1. The van der Waals surface area contributed by atoms with Gasteiger partial charge in [0, 0.05) is 11.4 Å². The molecule has 3 heteroatoms. The molecule has 1 atom stereocenters. The van der Waals surface area contributed by atoms with Gasteiger partial charge in [0.25, 0.3) is 0 Å². The summed E-state index contributed by atoms with van der Waals surface area (Å²) in [5.74, 6) is 0.731. The number of nitrogens with zero attached hydrogens (tertiary/aromatic N) is 1. The molecule has 0 aromatic carbocycles. The molecule has 0 amide bonds. The van der Waals surface area contributed by atoms with Crippen LogP contribution in [-0.2, 0) is 6.42 Å². The molecule has 1 aromatic heterocycles. The zero-order valence-corrected chi connectivity index (χ0v) is 13.4. The zero-order valence-electron chi connectivity index (χ0n) is 12.5. The summed E-state index contributed by atoms with van der Waals surface area (Å²) in [6, 6.07) is 0. The van der Waals surface area contributed by atoms with E-state index in [2.05, 4.69) is 44.9 Å². The lowest BCUT2D eigenvalue weighted by Crippen LogP contribution is -2.33. The summed E-state index contributed by atoms with van der Waals surface area (Å²) in [7, 11) is 0. The first-order valence-corrected chi connectivity index (χ1v) is 7.94. The molecule has 0 aliphatic carbocycles. The Hall–Kier alpha value is -0.410. The van der Waals surface area contributed by atoms with Crippen molar-refractivity contribution in [1.29, 1.82) is 0 Å². The zero-order chi connectivity index (χ0) is 13.6. The topological polar surface area (TPSA) is 24.9 Å². The first-order valence-electron chi connectivity index (χ1n) is 7.06. The number of hydrogen-bond acceptors (Lipinski definition) is 3. The van der Waals surface area contributed by atoms with Gasteiger partial charge in [0.1, 0.15) is 0 Å². The number of nitrogens with one attached hydrogen (secondary N) is 1. The van der Waals surface area contributed by atoms with Crippen LogP contribution in [-0.4, -0.2) is 18.1 Å². The van der Waals surface area contributed by atoms with Gasteiger partial charge in [-0.3, -0.25) is 0 Å². The normalized spacial score (nSPS) is 15.0. The number of hydrogen-bond donors (Lipinski definition) is 1. The molecule has 0 saturated carbocycles. The monoisotopic (exact) mass is 268 g/mol. The molecule has 18 heavy (non-hydrogen) atoms. The molecular formula is C15H28N2S. The predicted octanol–water partition coefficient (Wildman–Crippen LogP) is 4.05. The standard InChI is InChI=1S/C15H28N2S/c1-6-15(5,10-16-9-12(2)3)8-7-14-13(4)17-11-18-14/h11-12,16H,6-10H2,1-5H3. The van der Waals surface area contributed by atoms with Crippen molar-refractivity contribution >= 4 is 11.3 Å². The number of aryl methyl sites for hydroxylation is 2. The Balaban J connectivity index is 2.42. The minimum Gasteiger partial charge on any atom is -0.316 e. The van der Waals surface area contributed by atoms with Crippen molar-refractivity contribution in [2.45, 2.75) is 53.9 Å². The molecule has 1 rings (SSSR count). The van der Waals surface area contributed by atoms with Crippen LogP contribution in [0.5, 0.6) is 0 Å². The second kappa shape index (κ2) is 7.25. The third-order valence-corrected chi connectivity index (χ3v) is 4.75. The smallest absolute Gasteiger partial charge is 0.0797 e. The molecule has 0 fully saturated rings.